The lowest BCUT2D eigenvalue weighted by atomic mass is 10.0. The molecule has 2 heterocycles. The summed E-state index contributed by atoms with van der Waals surface area (Å²) in [6.45, 7) is 1.64. The van der Waals surface area contributed by atoms with Crippen molar-refractivity contribution in [3.8, 4) is 11.4 Å². The first-order valence-corrected chi connectivity index (χ1v) is 8.17. The summed E-state index contributed by atoms with van der Waals surface area (Å²) in [5.74, 6) is 0.554. The fourth-order valence-electron chi connectivity index (χ4n) is 3.11. The maximum Gasteiger partial charge on any atom is 0.435 e. The fraction of sp³-hybridized carbons (Fsp3) is 0.353. The molecule has 0 fully saturated rings. The smallest absolute Gasteiger partial charge is 0.337 e. The van der Waals surface area contributed by atoms with Crippen LogP contribution in [-0.4, -0.2) is 19.9 Å². The van der Waals surface area contributed by atoms with Crippen molar-refractivity contribution < 1.29 is 17.7 Å². The molecule has 2 aromatic heterocycles. The number of fused-ring (bicyclic) bond motifs is 1. The predicted molar refractivity (Wildman–Crippen MR) is 86.0 cm³/mol. The van der Waals surface area contributed by atoms with Gasteiger partial charge in [0.15, 0.2) is 5.69 Å². The van der Waals surface area contributed by atoms with Crippen LogP contribution in [0.25, 0.3) is 11.4 Å². The first kappa shape index (κ1) is 16.8. The van der Waals surface area contributed by atoms with Gasteiger partial charge in [-0.3, -0.25) is 4.68 Å². The first-order chi connectivity index (χ1) is 12.3. The number of nitrogens with zero attached hydrogens (tertiary/aromatic N) is 4. The highest BCUT2D eigenvalue weighted by Gasteiger charge is 2.34. The molecule has 3 aromatic rings. The van der Waals surface area contributed by atoms with Crippen LogP contribution in [0.4, 0.5) is 13.2 Å². The topological polar surface area (TPSA) is 82.8 Å². The molecule has 2 atom stereocenters. The van der Waals surface area contributed by atoms with Gasteiger partial charge in [0.05, 0.1) is 0 Å². The van der Waals surface area contributed by atoms with Gasteiger partial charge in [-0.2, -0.15) is 23.3 Å². The van der Waals surface area contributed by atoms with Crippen LogP contribution in [0.3, 0.4) is 0 Å². The van der Waals surface area contributed by atoms with Crippen LogP contribution in [0, 0.1) is 0 Å². The number of benzene rings is 1. The van der Waals surface area contributed by atoms with Gasteiger partial charge in [-0.1, -0.05) is 17.3 Å². The third kappa shape index (κ3) is 2.88. The van der Waals surface area contributed by atoms with Crippen molar-refractivity contribution >= 4 is 0 Å². The van der Waals surface area contributed by atoms with Crippen LogP contribution in [0.2, 0.25) is 0 Å². The van der Waals surface area contributed by atoms with Gasteiger partial charge in [0.25, 0.3) is 5.89 Å². The number of aryl methyl sites for hydroxylation is 1. The van der Waals surface area contributed by atoms with E-state index in [0.29, 0.717) is 5.82 Å². The van der Waals surface area contributed by atoms with Crippen molar-refractivity contribution in [1.29, 1.82) is 0 Å². The molecule has 9 heteroatoms. The van der Waals surface area contributed by atoms with Crippen molar-refractivity contribution in [3.63, 3.8) is 0 Å². The predicted octanol–water partition coefficient (Wildman–Crippen LogP) is 3.51. The van der Waals surface area contributed by atoms with Crippen LogP contribution in [0.5, 0.6) is 0 Å². The molecule has 0 amide bonds. The second-order valence-electron chi connectivity index (χ2n) is 6.37. The normalized spacial score (nSPS) is 18.1. The minimum atomic E-state index is -4.49. The third-order valence-corrected chi connectivity index (χ3v) is 4.62. The lowest BCUT2D eigenvalue weighted by Crippen LogP contribution is -2.11. The maximum atomic E-state index is 12.7. The molecule has 0 radical (unpaired) electrons. The zero-order valence-electron chi connectivity index (χ0n) is 13.9. The summed E-state index contributed by atoms with van der Waals surface area (Å²) >= 11 is 0. The minimum Gasteiger partial charge on any atom is -0.337 e. The first-order valence-electron chi connectivity index (χ1n) is 8.17. The lowest BCUT2D eigenvalue weighted by Gasteiger charge is -2.07. The molecular weight excluding hydrogens is 347 g/mol. The number of halogens is 3. The van der Waals surface area contributed by atoms with E-state index < -0.39 is 17.9 Å². The molecule has 136 valence electrons. The molecule has 0 saturated heterocycles. The van der Waals surface area contributed by atoms with Crippen LogP contribution < -0.4 is 5.73 Å². The highest BCUT2D eigenvalue weighted by molar-refractivity contribution is 5.58. The average molecular weight is 363 g/mol. The zero-order chi connectivity index (χ0) is 18.5. The van der Waals surface area contributed by atoms with Crippen LogP contribution in [-0.2, 0) is 12.6 Å². The van der Waals surface area contributed by atoms with Crippen molar-refractivity contribution in [2.45, 2.75) is 38.0 Å². The van der Waals surface area contributed by atoms with E-state index >= 15 is 0 Å². The molecule has 2 N–H and O–H groups in total. The van der Waals surface area contributed by atoms with Gasteiger partial charge in [-0.05, 0) is 43.0 Å². The van der Waals surface area contributed by atoms with Gasteiger partial charge in [0.2, 0.25) is 5.82 Å². The van der Waals surface area contributed by atoms with Crippen molar-refractivity contribution in [3.05, 3.63) is 53.2 Å². The molecule has 0 saturated carbocycles. The van der Waals surface area contributed by atoms with E-state index in [2.05, 4.69) is 15.2 Å². The Morgan fingerprint density at radius 3 is 2.85 bits per heavy atom. The number of hydrogen-bond acceptors (Lipinski definition) is 5. The summed E-state index contributed by atoms with van der Waals surface area (Å²) < 4.78 is 44.5. The number of aromatic nitrogens is 4. The highest BCUT2D eigenvalue weighted by Crippen LogP contribution is 2.33. The van der Waals surface area contributed by atoms with Crippen molar-refractivity contribution in [2.24, 2.45) is 5.73 Å². The largest absolute Gasteiger partial charge is 0.435 e. The van der Waals surface area contributed by atoms with Crippen molar-refractivity contribution in [1.82, 2.24) is 19.9 Å². The molecular formula is C17H16F3N5O. The van der Waals surface area contributed by atoms with E-state index in [0.717, 1.165) is 34.7 Å². The Labute approximate surface area is 146 Å². The van der Waals surface area contributed by atoms with Gasteiger partial charge in [0.1, 0.15) is 6.04 Å². The SMILES string of the molecule is CC(c1nc(-c2ccc3c(c2)C(N)CC3)no1)n1ccc(C(F)(F)F)n1. The maximum absolute atomic E-state index is 12.7. The van der Waals surface area contributed by atoms with E-state index in [4.69, 9.17) is 10.3 Å². The molecule has 0 aliphatic heterocycles. The average Bonchev–Trinajstić information content (AvgIpc) is 3.33. The zero-order valence-corrected chi connectivity index (χ0v) is 13.9. The van der Waals surface area contributed by atoms with Crippen LogP contribution in [0.15, 0.2) is 35.0 Å². The molecule has 1 aromatic carbocycles. The fourth-order valence-corrected chi connectivity index (χ4v) is 3.11. The van der Waals surface area contributed by atoms with Gasteiger partial charge >= 0.3 is 6.18 Å². The summed E-state index contributed by atoms with van der Waals surface area (Å²) in [6, 6.07) is 6.13. The van der Waals surface area contributed by atoms with Crippen LogP contribution in [0.1, 0.15) is 48.1 Å². The minimum absolute atomic E-state index is 0.000101. The summed E-state index contributed by atoms with van der Waals surface area (Å²) in [5.41, 5.74) is 8.18. The second-order valence-corrected chi connectivity index (χ2v) is 6.37. The van der Waals surface area contributed by atoms with E-state index in [1.807, 2.05) is 18.2 Å². The molecule has 26 heavy (non-hydrogen) atoms. The third-order valence-electron chi connectivity index (χ3n) is 4.62. The number of alkyl halides is 3. The van der Waals surface area contributed by atoms with E-state index in [1.54, 1.807) is 6.92 Å². The molecule has 1 aliphatic rings. The van der Waals surface area contributed by atoms with Crippen molar-refractivity contribution in [2.75, 3.05) is 0 Å². The van der Waals surface area contributed by atoms with E-state index in [1.165, 1.54) is 11.8 Å². The lowest BCUT2D eigenvalue weighted by molar-refractivity contribution is -0.141. The Balaban J connectivity index is 1.60. The monoisotopic (exact) mass is 363 g/mol. The molecule has 0 bridgehead atoms. The summed E-state index contributed by atoms with van der Waals surface area (Å²) in [6.07, 6.45) is -1.39. The van der Waals surface area contributed by atoms with E-state index in [-0.39, 0.29) is 11.9 Å². The molecule has 1 aliphatic carbocycles. The Kier molecular flexibility index (Phi) is 3.83. The van der Waals surface area contributed by atoms with Gasteiger partial charge < -0.3 is 10.3 Å². The molecule has 0 spiro atoms. The quantitative estimate of drug-likeness (QED) is 0.770. The Bertz CT molecular complexity index is 946. The van der Waals surface area contributed by atoms with Gasteiger partial charge in [0, 0.05) is 17.8 Å². The Morgan fingerprint density at radius 2 is 2.12 bits per heavy atom. The number of hydrogen-bond donors (Lipinski definition) is 1. The van der Waals surface area contributed by atoms with Gasteiger partial charge in [-0.25, -0.2) is 0 Å². The summed E-state index contributed by atoms with van der Waals surface area (Å²) in [7, 11) is 0. The molecule has 6 nitrogen and oxygen atoms in total. The Hall–Kier alpha value is -2.68. The summed E-state index contributed by atoms with van der Waals surface area (Å²) in [4.78, 5) is 4.32. The second kappa shape index (κ2) is 5.94. The number of rotatable bonds is 3. The summed E-state index contributed by atoms with van der Waals surface area (Å²) in [5, 5.41) is 7.49. The van der Waals surface area contributed by atoms with Gasteiger partial charge in [-0.15, -0.1) is 0 Å². The number of nitrogens with two attached hydrogens (primary N) is 1. The highest BCUT2D eigenvalue weighted by atomic mass is 19.4. The Morgan fingerprint density at radius 1 is 1.31 bits per heavy atom. The standard InChI is InChI=1S/C17H16F3N5O/c1-9(25-7-6-14(23-25)17(18,19)20)16-22-15(24-26-16)11-3-2-10-4-5-13(21)12(10)8-11/h2-3,6-9,13H,4-5,21H2,1H3. The molecule has 2 unspecified atom stereocenters. The van der Waals surface area contributed by atoms with Crippen LogP contribution >= 0.6 is 0 Å². The van der Waals surface area contributed by atoms with E-state index in [9.17, 15) is 13.2 Å². The molecule has 4 rings (SSSR count).